The summed E-state index contributed by atoms with van der Waals surface area (Å²) in [5.74, 6) is -3.72. The molecular weight excluding hydrogens is 962 g/mol. The Bertz CT molecular complexity index is 2500. The molecule has 1 saturated heterocycles. The van der Waals surface area contributed by atoms with E-state index in [4.69, 9.17) is 51.7 Å². The van der Waals surface area contributed by atoms with Gasteiger partial charge in [0.05, 0.1) is 20.1 Å². The van der Waals surface area contributed by atoms with E-state index in [0.29, 0.717) is 28.0 Å². The molecule has 0 radical (unpaired) electrons. The molecule has 3 aromatic carbocycles. The molecule has 6 rings (SSSR count). The van der Waals surface area contributed by atoms with Crippen LogP contribution in [0.25, 0.3) is 0 Å². The molecule has 3 atom stereocenters. The molecule has 2 aliphatic rings. The number of thiazole rings is 1. The number of halogens is 2. The Labute approximate surface area is 410 Å². The Morgan fingerprint density at radius 3 is 2.18 bits per heavy atom. The highest BCUT2D eigenvalue weighted by Crippen LogP contribution is 2.42. The van der Waals surface area contributed by atoms with Crippen molar-refractivity contribution >= 4 is 93.0 Å². The largest absolute Gasteiger partial charge is 0.497 e. The number of anilines is 1. The van der Waals surface area contributed by atoms with Crippen LogP contribution < -0.4 is 15.4 Å². The van der Waals surface area contributed by atoms with Crippen molar-refractivity contribution in [1.82, 2.24) is 15.2 Å². The summed E-state index contributed by atoms with van der Waals surface area (Å²) in [5, 5.41) is 8.20. The summed E-state index contributed by atoms with van der Waals surface area (Å²) in [5.41, 5.74) is 0.529. The molecule has 2 N–H and O–H groups in total. The lowest BCUT2D eigenvalue weighted by Gasteiger charge is -2.49. The average Bonchev–Trinajstić information content (AvgIpc) is 3.68. The van der Waals surface area contributed by atoms with E-state index in [1.54, 1.807) is 45.0 Å². The lowest BCUT2D eigenvalue weighted by molar-refractivity contribution is -0.165. The first-order valence-electron chi connectivity index (χ1n) is 21.2. The Balaban J connectivity index is 1.28. The van der Waals surface area contributed by atoms with Gasteiger partial charge in [-0.15, -0.1) is 23.4 Å². The van der Waals surface area contributed by atoms with E-state index in [-0.39, 0.29) is 51.6 Å². The van der Waals surface area contributed by atoms with Crippen molar-refractivity contribution in [3.05, 3.63) is 123 Å². The van der Waals surface area contributed by atoms with Gasteiger partial charge in [-0.2, -0.15) is 0 Å². The number of hydrogen-bond acceptors (Lipinski definition) is 16. The quantitative estimate of drug-likeness (QED) is 0.0229. The van der Waals surface area contributed by atoms with Crippen LogP contribution >= 0.6 is 46.3 Å². The smallest absolute Gasteiger partial charge is 0.413 e. The number of carbonyl (C=O) groups is 6. The van der Waals surface area contributed by atoms with Crippen LogP contribution in [0, 0.1) is 5.92 Å². The number of ether oxygens (including phenoxy) is 5. The van der Waals surface area contributed by atoms with Gasteiger partial charge in [-0.25, -0.2) is 19.4 Å². The molecule has 21 heteroatoms. The van der Waals surface area contributed by atoms with Gasteiger partial charge < -0.3 is 33.8 Å². The van der Waals surface area contributed by atoms with Crippen molar-refractivity contribution in [2.24, 2.45) is 11.1 Å². The van der Waals surface area contributed by atoms with Crippen LogP contribution in [0.1, 0.15) is 69.5 Å². The summed E-state index contributed by atoms with van der Waals surface area (Å²) in [6, 6.07) is 23.7. The number of hydrogen-bond donors (Lipinski definition) is 2. The number of methoxy groups -OCH3 is 1. The lowest BCUT2D eigenvalue weighted by Crippen LogP contribution is -2.71. The Morgan fingerprint density at radius 1 is 0.941 bits per heavy atom. The topological polar surface area (TPSA) is 210 Å². The molecule has 0 aliphatic carbocycles. The van der Waals surface area contributed by atoms with Crippen molar-refractivity contribution in [3.63, 3.8) is 0 Å². The van der Waals surface area contributed by atoms with Gasteiger partial charge in [0.1, 0.15) is 45.1 Å². The number of esters is 3. The van der Waals surface area contributed by atoms with Gasteiger partial charge in [0, 0.05) is 11.6 Å². The second kappa shape index (κ2) is 23.2. The summed E-state index contributed by atoms with van der Waals surface area (Å²) in [6.45, 7) is 8.45. The van der Waals surface area contributed by atoms with Gasteiger partial charge in [-0.05, 0) is 61.1 Å². The fourth-order valence-electron chi connectivity index (χ4n) is 6.53. The molecule has 3 amide bonds. The number of rotatable bonds is 19. The first-order chi connectivity index (χ1) is 32.5. The number of thioether (sulfide) groups is 1. The number of benzene rings is 3. The van der Waals surface area contributed by atoms with E-state index in [1.165, 1.54) is 23.8 Å². The van der Waals surface area contributed by atoms with Gasteiger partial charge in [0.2, 0.25) is 6.10 Å². The maximum Gasteiger partial charge on any atom is 0.413 e. The minimum absolute atomic E-state index is 0.0318. The fourth-order valence-corrected chi connectivity index (χ4v) is 9.24. The lowest BCUT2D eigenvalue weighted by atomic mass is 10.0. The standard InChI is InChI=1S/C47H49Cl2N5O12S2/c1-26(2)23-62-33(55)21-32(43(58)63-24-27-17-19-31(61-6)20-18-27)66-53-35(34-39(49)68-45(51-34)52-46(60)65-47(3,4)5)40(56)50-36-41(57)54-37(30(22-48)25-67-42(36)54)44(59)64-38(28-13-9-7-10-14-28)29-15-11-8-12-16-29/h7-20,26,32,36,38,42H,21-25H2,1-6H3,(H,50,56)(H,51,52,60)/t32?,36-,42-/m1/s1. The number of oxime groups is 1. The molecule has 0 saturated carbocycles. The van der Waals surface area contributed by atoms with Gasteiger partial charge in [0.25, 0.3) is 11.8 Å². The van der Waals surface area contributed by atoms with Crippen molar-refractivity contribution < 1.29 is 57.3 Å². The zero-order valence-corrected chi connectivity index (χ0v) is 41.0. The van der Waals surface area contributed by atoms with Crippen LogP contribution in [-0.2, 0) is 54.4 Å². The van der Waals surface area contributed by atoms with Crippen molar-refractivity contribution in [2.45, 2.75) is 76.9 Å². The van der Waals surface area contributed by atoms with Crippen molar-refractivity contribution in [2.75, 3.05) is 30.7 Å². The third-order valence-corrected chi connectivity index (χ3v) is 12.6. The molecule has 17 nitrogen and oxygen atoms in total. The number of amides is 3. The highest BCUT2D eigenvalue weighted by molar-refractivity contribution is 8.00. The zero-order valence-electron chi connectivity index (χ0n) is 37.8. The monoisotopic (exact) mass is 1010 g/mol. The van der Waals surface area contributed by atoms with E-state index >= 15 is 0 Å². The minimum Gasteiger partial charge on any atom is -0.497 e. The number of aromatic nitrogens is 1. The summed E-state index contributed by atoms with van der Waals surface area (Å²) in [7, 11) is 1.51. The number of fused-ring (bicyclic) bond motifs is 1. The predicted molar refractivity (Wildman–Crippen MR) is 255 cm³/mol. The van der Waals surface area contributed by atoms with E-state index in [1.807, 2.05) is 74.5 Å². The molecule has 3 heterocycles. The molecular formula is C47H49Cl2N5O12S2. The zero-order chi connectivity index (χ0) is 49.1. The Kier molecular flexibility index (Phi) is 17.5. The van der Waals surface area contributed by atoms with Crippen LogP contribution in [0.3, 0.4) is 0 Å². The van der Waals surface area contributed by atoms with Crippen LogP contribution in [0.5, 0.6) is 5.75 Å². The summed E-state index contributed by atoms with van der Waals surface area (Å²) in [6.07, 6.45) is -4.14. The van der Waals surface area contributed by atoms with Crippen LogP contribution in [0.2, 0.25) is 4.34 Å². The number of nitrogens with one attached hydrogen (secondary N) is 2. The van der Waals surface area contributed by atoms with E-state index in [2.05, 4.69) is 20.8 Å². The third-order valence-electron chi connectivity index (χ3n) is 9.76. The van der Waals surface area contributed by atoms with E-state index in [0.717, 1.165) is 11.3 Å². The molecule has 0 spiro atoms. The molecule has 68 heavy (non-hydrogen) atoms. The molecule has 360 valence electrons. The fraction of sp³-hybridized carbons (Fsp3) is 0.362. The van der Waals surface area contributed by atoms with Gasteiger partial charge in [-0.3, -0.25) is 24.6 Å². The molecule has 1 fully saturated rings. The molecule has 1 unspecified atom stereocenters. The first-order valence-corrected chi connectivity index (χ1v) is 23.9. The minimum atomic E-state index is -1.76. The summed E-state index contributed by atoms with van der Waals surface area (Å²) < 4.78 is 27.3. The summed E-state index contributed by atoms with van der Waals surface area (Å²) >= 11 is 15.0. The number of nitrogens with zero attached hydrogens (tertiary/aromatic N) is 3. The van der Waals surface area contributed by atoms with Crippen LogP contribution in [-0.4, -0.2) is 99.9 Å². The third kappa shape index (κ3) is 13.3. The Hall–Kier alpha value is -6.15. The van der Waals surface area contributed by atoms with E-state index < -0.39 is 77.2 Å². The molecule has 1 aromatic heterocycles. The van der Waals surface area contributed by atoms with Crippen molar-refractivity contribution in [3.8, 4) is 5.75 Å². The average molecular weight is 1010 g/mol. The molecule has 2 aliphatic heterocycles. The molecule has 0 bridgehead atoms. The van der Waals surface area contributed by atoms with E-state index in [9.17, 15) is 28.8 Å². The maximum atomic E-state index is 14.4. The second-order valence-corrected chi connectivity index (χ2v) is 19.6. The van der Waals surface area contributed by atoms with Gasteiger partial charge in [-0.1, -0.05) is 115 Å². The summed E-state index contributed by atoms with van der Waals surface area (Å²) in [4.78, 5) is 93.2. The first kappa shape index (κ1) is 51.2. The predicted octanol–water partition coefficient (Wildman–Crippen LogP) is 7.80. The number of carbonyl (C=O) groups excluding carboxylic acids is 6. The van der Waals surface area contributed by atoms with Gasteiger partial charge >= 0.3 is 24.0 Å². The van der Waals surface area contributed by atoms with Crippen LogP contribution in [0.4, 0.5) is 9.93 Å². The van der Waals surface area contributed by atoms with Gasteiger partial charge in [0.15, 0.2) is 16.9 Å². The SMILES string of the molecule is COc1ccc(COC(=O)C(CC(=O)OCC(C)C)ON=C(C(=O)N[C@@H]2C(=O)N3C(C(=O)OC(c4ccccc4)c4ccccc4)=C(CCl)CS[C@H]23)c2nc(NC(=O)OC(C)(C)C)sc2Cl)cc1. The second-order valence-electron chi connectivity index (χ2n) is 16.6. The normalized spacial score (nSPS) is 16.3. The molecule has 4 aromatic rings. The highest BCUT2D eigenvalue weighted by atomic mass is 35.5. The Morgan fingerprint density at radius 2 is 1.59 bits per heavy atom. The maximum absolute atomic E-state index is 14.4. The van der Waals surface area contributed by atoms with Crippen molar-refractivity contribution in [1.29, 1.82) is 0 Å². The van der Waals surface area contributed by atoms with Crippen LogP contribution in [0.15, 0.2) is 101 Å². The number of alkyl halides is 1. The highest BCUT2D eigenvalue weighted by Gasteiger charge is 2.55. The number of β-lactam (4-membered cyclic amide) rings is 1.